The molecule has 2 nitrogen and oxygen atoms in total. The number of aromatic nitrogens is 1. The van der Waals surface area contributed by atoms with Crippen molar-refractivity contribution in [2.45, 2.75) is 6.54 Å². The summed E-state index contributed by atoms with van der Waals surface area (Å²) in [5.74, 6) is 0. The van der Waals surface area contributed by atoms with Crippen LogP contribution in [-0.4, -0.2) is 4.98 Å². The van der Waals surface area contributed by atoms with Crippen molar-refractivity contribution in [3.8, 4) is 11.3 Å². The fourth-order valence-corrected chi connectivity index (χ4v) is 2.20. The lowest BCUT2D eigenvalue weighted by molar-refractivity contribution is 1.06. The molecular weight excluding hydrogens is 220 g/mol. The highest BCUT2D eigenvalue weighted by Crippen LogP contribution is 2.27. The Labute approximate surface area is 106 Å². The van der Waals surface area contributed by atoms with Gasteiger partial charge in [-0.3, -0.25) is 4.98 Å². The Bertz CT molecular complexity index is 684. The van der Waals surface area contributed by atoms with Gasteiger partial charge < -0.3 is 5.73 Å². The molecule has 2 heteroatoms. The van der Waals surface area contributed by atoms with Crippen LogP contribution in [0.5, 0.6) is 0 Å². The number of rotatable bonds is 2. The minimum atomic E-state index is 0.542. The maximum absolute atomic E-state index is 5.68. The summed E-state index contributed by atoms with van der Waals surface area (Å²) < 4.78 is 0. The standard InChI is InChI=1S/C16H14N2/c17-11-12-8-9-18-16(10-12)15-7-3-5-13-4-1-2-6-14(13)15/h1-10H,11,17H2. The molecule has 0 atom stereocenters. The fourth-order valence-electron chi connectivity index (χ4n) is 2.20. The monoisotopic (exact) mass is 234 g/mol. The van der Waals surface area contributed by atoms with Crippen LogP contribution in [0.15, 0.2) is 60.8 Å². The van der Waals surface area contributed by atoms with Crippen LogP contribution in [-0.2, 0) is 6.54 Å². The minimum Gasteiger partial charge on any atom is -0.326 e. The van der Waals surface area contributed by atoms with E-state index in [1.807, 2.05) is 12.3 Å². The third-order valence-electron chi connectivity index (χ3n) is 3.13. The smallest absolute Gasteiger partial charge is 0.0711 e. The van der Waals surface area contributed by atoms with Gasteiger partial charge in [-0.2, -0.15) is 0 Å². The van der Waals surface area contributed by atoms with E-state index >= 15 is 0 Å². The molecule has 2 aromatic carbocycles. The minimum absolute atomic E-state index is 0.542. The molecule has 0 saturated carbocycles. The van der Waals surface area contributed by atoms with Gasteiger partial charge in [-0.25, -0.2) is 0 Å². The second-order valence-electron chi connectivity index (χ2n) is 4.28. The molecule has 0 aliphatic rings. The second kappa shape index (κ2) is 4.59. The third-order valence-corrected chi connectivity index (χ3v) is 3.13. The molecule has 0 radical (unpaired) electrons. The lowest BCUT2D eigenvalue weighted by atomic mass is 10.0. The first kappa shape index (κ1) is 10.9. The van der Waals surface area contributed by atoms with Crippen molar-refractivity contribution in [2.24, 2.45) is 5.73 Å². The van der Waals surface area contributed by atoms with E-state index in [2.05, 4.69) is 53.5 Å². The number of fused-ring (bicyclic) bond motifs is 1. The summed E-state index contributed by atoms with van der Waals surface area (Å²) in [6.07, 6.45) is 1.82. The van der Waals surface area contributed by atoms with Crippen LogP contribution in [0.25, 0.3) is 22.0 Å². The van der Waals surface area contributed by atoms with Crippen molar-refractivity contribution >= 4 is 10.8 Å². The van der Waals surface area contributed by atoms with Gasteiger partial charge in [0.25, 0.3) is 0 Å². The second-order valence-corrected chi connectivity index (χ2v) is 4.28. The summed E-state index contributed by atoms with van der Waals surface area (Å²) in [5.41, 5.74) is 8.92. The molecule has 0 aliphatic carbocycles. The van der Waals surface area contributed by atoms with Crippen LogP contribution < -0.4 is 5.73 Å². The highest BCUT2D eigenvalue weighted by Gasteiger charge is 2.04. The molecule has 1 heterocycles. The zero-order valence-corrected chi connectivity index (χ0v) is 10.0. The average Bonchev–Trinajstić information content (AvgIpc) is 2.47. The van der Waals surface area contributed by atoms with E-state index in [-0.39, 0.29) is 0 Å². The lowest BCUT2D eigenvalue weighted by Crippen LogP contribution is -1.97. The third kappa shape index (κ3) is 1.87. The van der Waals surface area contributed by atoms with Gasteiger partial charge in [-0.1, -0.05) is 42.5 Å². The molecule has 0 unspecified atom stereocenters. The molecule has 0 aliphatic heterocycles. The van der Waals surface area contributed by atoms with Gasteiger partial charge >= 0.3 is 0 Å². The van der Waals surface area contributed by atoms with Crippen LogP contribution in [0.4, 0.5) is 0 Å². The van der Waals surface area contributed by atoms with Crippen LogP contribution in [0.2, 0.25) is 0 Å². The van der Waals surface area contributed by atoms with E-state index in [1.165, 1.54) is 10.8 Å². The van der Waals surface area contributed by atoms with E-state index in [4.69, 9.17) is 5.73 Å². The summed E-state index contributed by atoms with van der Waals surface area (Å²) in [7, 11) is 0. The van der Waals surface area contributed by atoms with Crippen LogP contribution in [0, 0.1) is 0 Å². The van der Waals surface area contributed by atoms with E-state index in [0.29, 0.717) is 6.54 Å². The molecule has 2 N–H and O–H groups in total. The van der Waals surface area contributed by atoms with Crippen LogP contribution >= 0.6 is 0 Å². The van der Waals surface area contributed by atoms with E-state index < -0.39 is 0 Å². The molecule has 0 spiro atoms. The first-order chi connectivity index (χ1) is 8.88. The molecule has 88 valence electrons. The van der Waals surface area contributed by atoms with Crippen molar-refractivity contribution in [3.63, 3.8) is 0 Å². The molecule has 0 amide bonds. The van der Waals surface area contributed by atoms with E-state index in [9.17, 15) is 0 Å². The highest BCUT2D eigenvalue weighted by atomic mass is 14.7. The molecule has 3 aromatic rings. The lowest BCUT2D eigenvalue weighted by Gasteiger charge is -2.07. The fraction of sp³-hybridized carbons (Fsp3) is 0.0625. The first-order valence-electron chi connectivity index (χ1n) is 6.01. The summed E-state index contributed by atoms with van der Waals surface area (Å²) in [4.78, 5) is 4.45. The van der Waals surface area contributed by atoms with Crippen molar-refractivity contribution in [2.75, 3.05) is 0 Å². The average molecular weight is 234 g/mol. The molecule has 0 fully saturated rings. The molecular formula is C16H14N2. The number of benzene rings is 2. The van der Waals surface area contributed by atoms with Crippen molar-refractivity contribution in [3.05, 3.63) is 66.4 Å². The number of nitrogens with zero attached hydrogens (tertiary/aromatic N) is 1. The van der Waals surface area contributed by atoms with Gasteiger partial charge in [-0.15, -0.1) is 0 Å². The Morgan fingerprint density at radius 2 is 1.78 bits per heavy atom. The summed E-state index contributed by atoms with van der Waals surface area (Å²) in [6.45, 7) is 0.542. The summed E-state index contributed by atoms with van der Waals surface area (Å²) in [5, 5.41) is 2.46. The van der Waals surface area contributed by atoms with Gasteiger partial charge in [0.2, 0.25) is 0 Å². The Morgan fingerprint density at radius 3 is 2.67 bits per heavy atom. The predicted octanol–water partition coefficient (Wildman–Crippen LogP) is 3.36. The summed E-state index contributed by atoms with van der Waals surface area (Å²) >= 11 is 0. The van der Waals surface area contributed by atoms with Gasteiger partial charge in [0, 0.05) is 18.3 Å². The maximum atomic E-state index is 5.68. The summed E-state index contributed by atoms with van der Waals surface area (Å²) in [6, 6.07) is 18.6. The highest BCUT2D eigenvalue weighted by molar-refractivity contribution is 5.95. The van der Waals surface area contributed by atoms with E-state index in [0.717, 1.165) is 16.8 Å². The van der Waals surface area contributed by atoms with Crippen molar-refractivity contribution in [1.82, 2.24) is 4.98 Å². The Balaban J connectivity index is 2.24. The maximum Gasteiger partial charge on any atom is 0.0711 e. The van der Waals surface area contributed by atoms with Gasteiger partial charge in [0.15, 0.2) is 0 Å². The van der Waals surface area contributed by atoms with Gasteiger partial charge in [-0.05, 0) is 28.5 Å². The zero-order chi connectivity index (χ0) is 12.4. The quantitative estimate of drug-likeness (QED) is 0.738. The van der Waals surface area contributed by atoms with Crippen molar-refractivity contribution < 1.29 is 0 Å². The van der Waals surface area contributed by atoms with E-state index in [1.54, 1.807) is 0 Å². The van der Waals surface area contributed by atoms with Gasteiger partial charge in [0.1, 0.15) is 0 Å². The Hall–Kier alpha value is -2.19. The van der Waals surface area contributed by atoms with Crippen LogP contribution in [0.3, 0.4) is 0 Å². The number of hydrogen-bond acceptors (Lipinski definition) is 2. The molecule has 0 saturated heterocycles. The topological polar surface area (TPSA) is 38.9 Å². The molecule has 3 rings (SSSR count). The SMILES string of the molecule is NCc1ccnc(-c2cccc3ccccc23)c1. The normalized spacial score (nSPS) is 10.7. The Morgan fingerprint density at radius 1 is 0.944 bits per heavy atom. The first-order valence-corrected chi connectivity index (χ1v) is 6.01. The number of hydrogen-bond donors (Lipinski definition) is 1. The Kier molecular flexibility index (Phi) is 2.79. The predicted molar refractivity (Wildman–Crippen MR) is 75.1 cm³/mol. The molecule has 0 bridgehead atoms. The largest absolute Gasteiger partial charge is 0.326 e. The zero-order valence-electron chi connectivity index (χ0n) is 10.0. The molecule has 1 aromatic heterocycles. The molecule has 18 heavy (non-hydrogen) atoms. The number of nitrogens with two attached hydrogens (primary N) is 1. The number of pyridine rings is 1. The van der Waals surface area contributed by atoms with Gasteiger partial charge in [0.05, 0.1) is 5.69 Å². The van der Waals surface area contributed by atoms with Crippen LogP contribution in [0.1, 0.15) is 5.56 Å². The van der Waals surface area contributed by atoms with Crippen molar-refractivity contribution in [1.29, 1.82) is 0 Å².